The largest absolute Gasteiger partial charge is 0.508 e. The van der Waals surface area contributed by atoms with Gasteiger partial charge in [0, 0.05) is 15.9 Å². The first kappa shape index (κ1) is 27.3. The average Bonchev–Trinajstić information content (AvgIpc) is 3.18. The number of esters is 1. The van der Waals surface area contributed by atoms with Crippen molar-refractivity contribution in [1.29, 1.82) is 0 Å². The van der Waals surface area contributed by atoms with Crippen LogP contribution in [0.2, 0.25) is 0 Å². The van der Waals surface area contributed by atoms with Gasteiger partial charge in [-0.2, -0.15) is 0 Å². The number of nitrogens with zero attached hydrogens (tertiary/aromatic N) is 1. The molecule has 1 aliphatic rings. The SMILES string of the molecule is C=CCOC(=O)C1N(C(=O)C(O)C(Cc2ccccc2)NC(=O)c2cccc(O)c2C)CSC1(C)C. The van der Waals surface area contributed by atoms with Gasteiger partial charge in [0.05, 0.1) is 11.9 Å². The molecule has 0 aromatic heterocycles. The summed E-state index contributed by atoms with van der Waals surface area (Å²) in [6, 6.07) is 11.8. The molecule has 3 rings (SSSR count). The summed E-state index contributed by atoms with van der Waals surface area (Å²) < 4.78 is 4.60. The van der Waals surface area contributed by atoms with Gasteiger partial charge < -0.3 is 25.2 Å². The molecule has 2 aromatic carbocycles. The number of aliphatic hydroxyl groups excluding tert-OH is 1. The first-order valence-electron chi connectivity index (χ1n) is 11.6. The van der Waals surface area contributed by atoms with Gasteiger partial charge in [0.15, 0.2) is 6.10 Å². The highest BCUT2D eigenvalue weighted by atomic mass is 32.2. The first-order chi connectivity index (χ1) is 17.1. The number of rotatable bonds is 9. The highest BCUT2D eigenvalue weighted by Crippen LogP contribution is 2.40. The van der Waals surface area contributed by atoms with E-state index in [4.69, 9.17) is 4.74 Å². The summed E-state index contributed by atoms with van der Waals surface area (Å²) in [5.74, 6) is -1.63. The van der Waals surface area contributed by atoms with Crippen molar-refractivity contribution in [3.8, 4) is 5.75 Å². The van der Waals surface area contributed by atoms with Crippen molar-refractivity contribution in [3.63, 3.8) is 0 Å². The van der Waals surface area contributed by atoms with Crippen LogP contribution in [-0.4, -0.2) is 68.3 Å². The molecule has 1 fully saturated rings. The number of aromatic hydroxyl groups is 1. The quantitative estimate of drug-likeness (QED) is 0.349. The lowest BCUT2D eigenvalue weighted by Crippen LogP contribution is -2.57. The zero-order chi connectivity index (χ0) is 26.5. The highest BCUT2D eigenvalue weighted by molar-refractivity contribution is 8.00. The van der Waals surface area contributed by atoms with Gasteiger partial charge in [-0.25, -0.2) is 4.79 Å². The van der Waals surface area contributed by atoms with Crippen LogP contribution in [0, 0.1) is 6.92 Å². The molecule has 36 heavy (non-hydrogen) atoms. The highest BCUT2D eigenvalue weighted by Gasteiger charge is 2.50. The van der Waals surface area contributed by atoms with Crippen LogP contribution in [0.4, 0.5) is 0 Å². The van der Waals surface area contributed by atoms with Crippen LogP contribution in [0.5, 0.6) is 5.75 Å². The van der Waals surface area contributed by atoms with Gasteiger partial charge in [0.25, 0.3) is 11.8 Å². The fraction of sp³-hybridized carbons (Fsp3) is 0.370. The van der Waals surface area contributed by atoms with Gasteiger partial charge >= 0.3 is 5.97 Å². The number of hydrogen-bond donors (Lipinski definition) is 3. The molecule has 0 radical (unpaired) electrons. The Morgan fingerprint density at radius 1 is 1.22 bits per heavy atom. The molecule has 0 spiro atoms. The van der Waals surface area contributed by atoms with E-state index in [0.29, 0.717) is 5.56 Å². The Labute approximate surface area is 215 Å². The molecule has 0 saturated carbocycles. The fourth-order valence-electron chi connectivity index (χ4n) is 4.15. The van der Waals surface area contributed by atoms with Crippen molar-refractivity contribution in [3.05, 3.63) is 77.9 Å². The molecule has 9 heteroatoms. The maximum absolute atomic E-state index is 13.5. The standard InChI is InChI=1S/C27H32N2O6S/c1-5-14-35-26(34)23-27(3,4)36-16-29(23)25(33)22(31)20(15-18-10-7-6-8-11-18)28-24(32)19-12-9-13-21(30)17(19)2/h5-13,20,22-23,30-31H,1,14-16H2,2-4H3,(H,28,32). The van der Waals surface area contributed by atoms with E-state index in [1.165, 1.54) is 28.8 Å². The predicted octanol–water partition coefficient (Wildman–Crippen LogP) is 2.81. The third kappa shape index (κ3) is 6.09. The van der Waals surface area contributed by atoms with Gasteiger partial charge in [0.1, 0.15) is 18.4 Å². The molecule has 2 amide bonds. The predicted molar refractivity (Wildman–Crippen MR) is 139 cm³/mol. The lowest BCUT2D eigenvalue weighted by molar-refractivity contribution is -0.157. The number of benzene rings is 2. The second-order valence-electron chi connectivity index (χ2n) is 9.17. The van der Waals surface area contributed by atoms with Crippen LogP contribution >= 0.6 is 11.8 Å². The van der Waals surface area contributed by atoms with E-state index in [2.05, 4.69) is 11.9 Å². The maximum atomic E-state index is 13.5. The summed E-state index contributed by atoms with van der Waals surface area (Å²) in [7, 11) is 0. The lowest BCUT2D eigenvalue weighted by Gasteiger charge is -2.32. The molecule has 3 unspecified atom stereocenters. The summed E-state index contributed by atoms with van der Waals surface area (Å²) in [4.78, 5) is 40.8. The Hall–Kier alpha value is -3.30. The number of hydrogen-bond acceptors (Lipinski definition) is 7. The van der Waals surface area contributed by atoms with Crippen LogP contribution in [0.1, 0.15) is 35.3 Å². The van der Waals surface area contributed by atoms with Crippen LogP contribution in [-0.2, 0) is 20.7 Å². The smallest absolute Gasteiger partial charge is 0.330 e. The monoisotopic (exact) mass is 512 g/mol. The van der Waals surface area contributed by atoms with Crippen molar-refractivity contribution >= 4 is 29.5 Å². The van der Waals surface area contributed by atoms with Crippen molar-refractivity contribution in [2.75, 3.05) is 12.5 Å². The zero-order valence-electron chi connectivity index (χ0n) is 20.6. The molecule has 192 valence electrons. The van der Waals surface area contributed by atoms with E-state index < -0.39 is 40.7 Å². The third-order valence-corrected chi connectivity index (χ3v) is 7.57. The number of nitrogens with one attached hydrogen (secondary N) is 1. The first-order valence-corrected chi connectivity index (χ1v) is 12.6. The lowest BCUT2D eigenvalue weighted by atomic mass is 9.97. The number of amides is 2. The average molecular weight is 513 g/mol. The second kappa shape index (κ2) is 11.6. The van der Waals surface area contributed by atoms with E-state index in [9.17, 15) is 24.6 Å². The summed E-state index contributed by atoms with van der Waals surface area (Å²) >= 11 is 1.41. The number of phenols is 1. The number of carbonyl (C=O) groups is 3. The van der Waals surface area contributed by atoms with Crippen LogP contribution < -0.4 is 5.32 Å². The number of ether oxygens (including phenoxy) is 1. The molecule has 2 aromatic rings. The molecule has 0 bridgehead atoms. The number of aliphatic hydroxyl groups is 1. The van der Waals surface area contributed by atoms with Gasteiger partial charge in [-0.15, -0.1) is 11.8 Å². The summed E-state index contributed by atoms with van der Waals surface area (Å²) in [6.45, 7) is 8.85. The summed E-state index contributed by atoms with van der Waals surface area (Å²) in [5, 5.41) is 24.0. The normalized spacial score (nSPS) is 18.2. The molecule has 3 N–H and O–H groups in total. The van der Waals surface area contributed by atoms with Crippen molar-refractivity contribution in [2.24, 2.45) is 0 Å². The van der Waals surface area contributed by atoms with Crippen LogP contribution in [0.3, 0.4) is 0 Å². The molecule has 1 heterocycles. The topological polar surface area (TPSA) is 116 Å². The van der Waals surface area contributed by atoms with Gasteiger partial charge in [-0.3, -0.25) is 9.59 Å². The maximum Gasteiger partial charge on any atom is 0.330 e. The van der Waals surface area contributed by atoms with Crippen LogP contribution in [0.15, 0.2) is 61.2 Å². The fourth-order valence-corrected chi connectivity index (χ4v) is 5.28. The number of carbonyl (C=O) groups excluding carboxylic acids is 3. The Balaban J connectivity index is 1.88. The minimum atomic E-state index is -1.63. The van der Waals surface area contributed by atoms with E-state index in [1.54, 1.807) is 19.1 Å². The van der Waals surface area contributed by atoms with Gasteiger partial charge in [0.2, 0.25) is 0 Å². The third-order valence-electron chi connectivity index (χ3n) is 6.19. The van der Waals surface area contributed by atoms with Crippen molar-refractivity contribution in [2.45, 2.75) is 50.1 Å². The minimum absolute atomic E-state index is 0.0105. The van der Waals surface area contributed by atoms with E-state index in [1.807, 2.05) is 44.2 Å². The zero-order valence-corrected chi connectivity index (χ0v) is 21.5. The van der Waals surface area contributed by atoms with Crippen molar-refractivity contribution < 1.29 is 29.3 Å². The molecule has 0 aliphatic carbocycles. The molecular weight excluding hydrogens is 480 g/mol. The Bertz CT molecular complexity index is 1120. The molecular formula is C27H32N2O6S. The summed E-state index contributed by atoms with van der Waals surface area (Å²) in [5.41, 5.74) is 1.42. The Morgan fingerprint density at radius 3 is 2.58 bits per heavy atom. The minimum Gasteiger partial charge on any atom is -0.508 e. The van der Waals surface area contributed by atoms with E-state index in [0.717, 1.165) is 5.56 Å². The number of phenolic OH excluding ortho intramolecular Hbond substituents is 1. The second-order valence-corrected chi connectivity index (χ2v) is 10.8. The molecule has 3 atom stereocenters. The molecule has 8 nitrogen and oxygen atoms in total. The Kier molecular flexibility index (Phi) is 8.81. The number of thioether (sulfide) groups is 1. The van der Waals surface area contributed by atoms with Crippen molar-refractivity contribution in [1.82, 2.24) is 10.2 Å². The summed E-state index contributed by atoms with van der Waals surface area (Å²) in [6.07, 6.45) is -0.00760. The van der Waals surface area contributed by atoms with Gasteiger partial charge in [-0.1, -0.05) is 49.1 Å². The van der Waals surface area contributed by atoms with Gasteiger partial charge in [-0.05, 0) is 44.9 Å². The van der Waals surface area contributed by atoms with E-state index >= 15 is 0 Å². The Morgan fingerprint density at radius 2 is 1.92 bits per heavy atom. The molecule has 1 aliphatic heterocycles. The van der Waals surface area contributed by atoms with E-state index in [-0.39, 0.29) is 30.2 Å². The molecule has 1 saturated heterocycles. The van der Waals surface area contributed by atoms with Crippen LogP contribution in [0.25, 0.3) is 0 Å².